The van der Waals surface area contributed by atoms with Crippen molar-refractivity contribution in [2.75, 3.05) is 0 Å². The van der Waals surface area contributed by atoms with Crippen molar-refractivity contribution in [3.8, 4) is 0 Å². The Morgan fingerprint density at radius 2 is 2.00 bits per heavy atom. The molecule has 1 aromatic carbocycles. The minimum absolute atomic E-state index is 0.165. The van der Waals surface area contributed by atoms with E-state index in [1.54, 1.807) is 0 Å². The van der Waals surface area contributed by atoms with Crippen molar-refractivity contribution in [1.29, 1.82) is 0 Å². The highest BCUT2D eigenvalue weighted by atomic mass is 16.4. The van der Waals surface area contributed by atoms with Crippen molar-refractivity contribution in [2.45, 2.75) is 33.7 Å². The van der Waals surface area contributed by atoms with Gasteiger partial charge in [-0.05, 0) is 38.0 Å². The first-order chi connectivity index (χ1) is 8.00. The molecule has 0 radical (unpaired) electrons. The van der Waals surface area contributed by atoms with Gasteiger partial charge < -0.3 is 9.67 Å². The van der Waals surface area contributed by atoms with Gasteiger partial charge >= 0.3 is 5.97 Å². The molecule has 2 rings (SSSR count). The van der Waals surface area contributed by atoms with Crippen LogP contribution in [0.5, 0.6) is 0 Å². The van der Waals surface area contributed by atoms with Gasteiger partial charge in [0.05, 0.1) is 11.9 Å². The third kappa shape index (κ3) is 2.05. The first-order valence-corrected chi connectivity index (χ1v) is 5.78. The van der Waals surface area contributed by atoms with Gasteiger partial charge in [-0.2, -0.15) is 0 Å². The first kappa shape index (κ1) is 11.7. The van der Waals surface area contributed by atoms with Crippen molar-refractivity contribution in [2.24, 2.45) is 0 Å². The maximum atomic E-state index is 10.7. The Balaban J connectivity index is 2.56. The minimum atomic E-state index is -0.753. The maximum Gasteiger partial charge on any atom is 0.305 e. The van der Waals surface area contributed by atoms with Gasteiger partial charge in [-0.15, -0.1) is 0 Å². The molecular weight excluding hydrogens is 214 g/mol. The van der Waals surface area contributed by atoms with Crippen molar-refractivity contribution < 1.29 is 9.90 Å². The number of aromatic nitrogens is 1. The Kier molecular flexibility index (Phi) is 2.92. The Morgan fingerprint density at radius 3 is 2.65 bits per heavy atom. The number of carboxylic acids is 1. The van der Waals surface area contributed by atoms with E-state index in [-0.39, 0.29) is 6.42 Å². The Bertz CT molecular complexity index is 581. The molecule has 2 aromatic rings. The van der Waals surface area contributed by atoms with Crippen LogP contribution in [0, 0.1) is 20.8 Å². The van der Waals surface area contributed by atoms with E-state index in [1.165, 1.54) is 22.0 Å². The smallest absolute Gasteiger partial charge is 0.305 e. The molecular formula is C14H17NO2. The molecule has 0 aliphatic rings. The number of nitrogens with zero attached hydrogens (tertiary/aromatic N) is 1. The summed E-state index contributed by atoms with van der Waals surface area (Å²) >= 11 is 0. The van der Waals surface area contributed by atoms with Gasteiger partial charge in [0.15, 0.2) is 0 Å². The molecule has 3 nitrogen and oxygen atoms in total. The zero-order valence-electron chi connectivity index (χ0n) is 10.4. The van der Waals surface area contributed by atoms with Crippen LogP contribution in [0.25, 0.3) is 10.9 Å². The summed E-state index contributed by atoms with van der Waals surface area (Å²) in [6.07, 6.45) is 0.165. The van der Waals surface area contributed by atoms with Crippen LogP contribution >= 0.6 is 0 Å². The topological polar surface area (TPSA) is 42.2 Å². The van der Waals surface area contributed by atoms with Crippen LogP contribution in [-0.4, -0.2) is 15.6 Å². The van der Waals surface area contributed by atoms with Gasteiger partial charge in [0.25, 0.3) is 0 Å². The highest BCUT2D eigenvalue weighted by Gasteiger charge is 2.10. The Labute approximate surface area is 101 Å². The molecule has 0 fully saturated rings. The fourth-order valence-corrected chi connectivity index (χ4v) is 2.27. The second-order valence-electron chi connectivity index (χ2n) is 4.53. The summed E-state index contributed by atoms with van der Waals surface area (Å²) in [4.78, 5) is 10.7. The van der Waals surface area contributed by atoms with E-state index in [4.69, 9.17) is 5.11 Å². The number of rotatable bonds is 3. The molecule has 0 atom stereocenters. The second kappa shape index (κ2) is 4.24. The van der Waals surface area contributed by atoms with Crippen LogP contribution in [0.2, 0.25) is 0 Å². The SMILES string of the molecule is Cc1ccc2cc(C)n(CCC(=O)O)c2c1C. The van der Waals surface area contributed by atoms with Crippen LogP contribution in [0.1, 0.15) is 23.2 Å². The molecule has 0 aliphatic carbocycles. The monoisotopic (exact) mass is 231 g/mol. The molecule has 0 amide bonds. The molecule has 3 heteroatoms. The van der Waals surface area contributed by atoms with Crippen molar-refractivity contribution in [3.05, 3.63) is 35.0 Å². The van der Waals surface area contributed by atoms with Gasteiger partial charge in [0.2, 0.25) is 0 Å². The first-order valence-electron chi connectivity index (χ1n) is 5.78. The molecule has 1 heterocycles. The van der Waals surface area contributed by atoms with E-state index in [0.717, 1.165) is 5.69 Å². The molecule has 1 aromatic heterocycles. The third-order valence-corrected chi connectivity index (χ3v) is 3.34. The van der Waals surface area contributed by atoms with Gasteiger partial charge in [-0.3, -0.25) is 4.79 Å². The molecule has 17 heavy (non-hydrogen) atoms. The van der Waals surface area contributed by atoms with Gasteiger partial charge in [0.1, 0.15) is 0 Å². The standard InChI is InChI=1S/C14H17NO2/c1-9-4-5-12-8-10(2)15(7-6-13(16)17)14(12)11(9)3/h4-5,8H,6-7H2,1-3H3,(H,16,17). The van der Waals surface area contributed by atoms with Gasteiger partial charge in [-0.25, -0.2) is 0 Å². The number of fused-ring (bicyclic) bond motifs is 1. The number of benzene rings is 1. The zero-order valence-corrected chi connectivity index (χ0v) is 10.4. The van der Waals surface area contributed by atoms with Gasteiger partial charge in [-0.1, -0.05) is 12.1 Å². The van der Waals surface area contributed by atoms with Crippen LogP contribution in [-0.2, 0) is 11.3 Å². The number of hydrogen-bond acceptors (Lipinski definition) is 1. The summed E-state index contributed by atoms with van der Waals surface area (Å²) in [6, 6.07) is 6.32. The van der Waals surface area contributed by atoms with E-state index in [9.17, 15) is 4.79 Å². The predicted octanol–water partition coefficient (Wildman–Crippen LogP) is 3.04. The summed E-state index contributed by atoms with van der Waals surface area (Å²) in [5.74, 6) is -0.753. The maximum absolute atomic E-state index is 10.7. The average Bonchev–Trinajstić information content (AvgIpc) is 2.58. The Morgan fingerprint density at radius 1 is 1.29 bits per heavy atom. The van der Waals surface area contributed by atoms with E-state index in [2.05, 4.69) is 36.6 Å². The molecule has 0 spiro atoms. The summed E-state index contributed by atoms with van der Waals surface area (Å²) in [6.45, 7) is 6.73. The number of carbonyl (C=O) groups is 1. The highest BCUT2D eigenvalue weighted by Crippen LogP contribution is 2.25. The summed E-state index contributed by atoms with van der Waals surface area (Å²) in [7, 11) is 0. The second-order valence-corrected chi connectivity index (χ2v) is 4.53. The average molecular weight is 231 g/mol. The molecule has 90 valence electrons. The van der Waals surface area contributed by atoms with Crippen molar-refractivity contribution >= 4 is 16.9 Å². The predicted molar refractivity (Wildman–Crippen MR) is 68.4 cm³/mol. The largest absolute Gasteiger partial charge is 0.481 e. The lowest BCUT2D eigenvalue weighted by Gasteiger charge is -2.10. The minimum Gasteiger partial charge on any atom is -0.481 e. The third-order valence-electron chi connectivity index (χ3n) is 3.34. The number of aliphatic carboxylic acids is 1. The fraction of sp³-hybridized carbons (Fsp3) is 0.357. The van der Waals surface area contributed by atoms with Crippen LogP contribution in [0.4, 0.5) is 0 Å². The lowest BCUT2D eigenvalue weighted by molar-refractivity contribution is -0.137. The summed E-state index contributed by atoms with van der Waals surface area (Å²) in [5, 5.41) is 9.98. The molecule has 0 aliphatic heterocycles. The van der Waals surface area contributed by atoms with Crippen molar-refractivity contribution in [3.63, 3.8) is 0 Å². The quantitative estimate of drug-likeness (QED) is 0.882. The Hall–Kier alpha value is -1.77. The molecule has 0 bridgehead atoms. The number of hydrogen-bond donors (Lipinski definition) is 1. The summed E-state index contributed by atoms with van der Waals surface area (Å²) in [5.41, 5.74) is 4.77. The van der Waals surface area contributed by atoms with Crippen molar-refractivity contribution in [1.82, 2.24) is 4.57 Å². The fourth-order valence-electron chi connectivity index (χ4n) is 2.27. The molecule has 0 unspecified atom stereocenters. The van der Waals surface area contributed by atoms with E-state index < -0.39 is 5.97 Å². The van der Waals surface area contributed by atoms with E-state index >= 15 is 0 Å². The molecule has 0 saturated carbocycles. The van der Waals surface area contributed by atoms with E-state index in [0.29, 0.717) is 6.54 Å². The normalized spacial score (nSPS) is 11.0. The van der Waals surface area contributed by atoms with Crippen LogP contribution < -0.4 is 0 Å². The highest BCUT2D eigenvalue weighted by molar-refractivity contribution is 5.85. The van der Waals surface area contributed by atoms with Gasteiger partial charge in [0, 0.05) is 17.6 Å². The lowest BCUT2D eigenvalue weighted by atomic mass is 10.1. The molecule has 0 saturated heterocycles. The van der Waals surface area contributed by atoms with E-state index in [1.807, 2.05) is 6.92 Å². The van der Waals surface area contributed by atoms with Crippen LogP contribution in [0.3, 0.4) is 0 Å². The summed E-state index contributed by atoms with van der Waals surface area (Å²) < 4.78 is 2.10. The zero-order chi connectivity index (χ0) is 12.6. The number of aryl methyl sites for hydroxylation is 4. The van der Waals surface area contributed by atoms with Crippen LogP contribution in [0.15, 0.2) is 18.2 Å². The number of carboxylic acid groups (broad SMARTS) is 1. The molecule has 1 N–H and O–H groups in total. The lowest BCUT2D eigenvalue weighted by Crippen LogP contribution is -2.06.